The van der Waals surface area contributed by atoms with E-state index < -0.39 is 11.0 Å². The molecule has 6 rings (SSSR count). The first-order chi connectivity index (χ1) is 20.1. The minimum atomic E-state index is -0.736. The van der Waals surface area contributed by atoms with E-state index in [0.29, 0.717) is 30.6 Å². The SMILES string of the molecule is CC(=O)Oc1cccc([C@@]23CC[N@+](C)(CC4CC4)CC2(OC(C)=O)CC[C@@H](NC(=O)c2ccc4ccccc4c2)C3)c1. The van der Waals surface area contributed by atoms with Crippen molar-refractivity contribution in [2.75, 3.05) is 26.7 Å². The number of nitrogens with zero attached hydrogens (tertiary/aromatic N) is 1. The van der Waals surface area contributed by atoms with Crippen LogP contribution in [0.5, 0.6) is 5.75 Å². The molecule has 1 unspecified atom stereocenters. The van der Waals surface area contributed by atoms with Gasteiger partial charge in [0.25, 0.3) is 5.91 Å². The number of fused-ring (bicyclic) bond motifs is 2. The summed E-state index contributed by atoms with van der Waals surface area (Å²) < 4.78 is 12.8. The van der Waals surface area contributed by atoms with E-state index in [2.05, 4.69) is 18.4 Å². The van der Waals surface area contributed by atoms with Gasteiger partial charge in [-0.15, -0.1) is 0 Å². The number of esters is 2. The Morgan fingerprint density at radius 2 is 1.69 bits per heavy atom. The van der Waals surface area contributed by atoms with Crippen molar-refractivity contribution in [3.63, 3.8) is 0 Å². The molecule has 3 aromatic carbocycles. The fourth-order valence-electron chi connectivity index (χ4n) is 7.88. The first-order valence-corrected chi connectivity index (χ1v) is 15.2. The summed E-state index contributed by atoms with van der Waals surface area (Å²) >= 11 is 0. The second kappa shape index (κ2) is 10.8. The summed E-state index contributed by atoms with van der Waals surface area (Å²) in [5.74, 6) is 0.460. The molecule has 0 aromatic heterocycles. The van der Waals surface area contributed by atoms with Crippen molar-refractivity contribution >= 4 is 28.6 Å². The molecule has 0 spiro atoms. The molecule has 2 saturated carbocycles. The fourth-order valence-corrected chi connectivity index (χ4v) is 7.88. The molecule has 3 aromatic rings. The molecule has 7 nitrogen and oxygen atoms in total. The molecule has 0 bridgehead atoms. The topological polar surface area (TPSA) is 81.7 Å². The summed E-state index contributed by atoms with van der Waals surface area (Å²) in [6.45, 7) is 5.67. The molecule has 0 radical (unpaired) electrons. The van der Waals surface area contributed by atoms with Crippen LogP contribution in [0.2, 0.25) is 0 Å². The predicted molar refractivity (Wildman–Crippen MR) is 161 cm³/mol. The van der Waals surface area contributed by atoms with E-state index in [4.69, 9.17) is 9.47 Å². The van der Waals surface area contributed by atoms with E-state index >= 15 is 0 Å². The standard InChI is InChI=1S/C35H40N2O5/c1-24(38)41-32-10-6-9-30(20-32)34-17-18-37(3,22-26-11-12-26)23-35(34,42-25(2)39)16-15-31(21-34)36-33(40)29-14-13-27-7-4-5-8-28(27)19-29/h4-10,13-14,19-20,26,31H,11-12,15-18,21-23H2,1-3H3/p+1/t31-,34+,35?,37-/m1/s1. The zero-order chi connectivity index (χ0) is 29.5. The van der Waals surface area contributed by atoms with Crippen LogP contribution in [0.1, 0.15) is 68.3 Å². The van der Waals surface area contributed by atoms with Crippen molar-refractivity contribution in [3.05, 3.63) is 77.9 Å². The van der Waals surface area contributed by atoms with Crippen LogP contribution >= 0.6 is 0 Å². The summed E-state index contributed by atoms with van der Waals surface area (Å²) in [6, 6.07) is 21.4. The lowest BCUT2D eigenvalue weighted by atomic mass is 9.54. The molecule has 7 heteroatoms. The molecule has 220 valence electrons. The van der Waals surface area contributed by atoms with Gasteiger partial charge < -0.3 is 19.3 Å². The van der Waals surface area contributed by atoms with Crippen molar-refractivity contribution in [2.24, 2.45) is 5.92 Å². The number of benzene rings is 3. The van der Waals surface area contributed by atoms with Gasteiger partial charge in [0.05, 0.1) is 20.1 Å². The van der Waals surface area contributed by atoms with E-state index in [0.717, 1.165) is 52.8 Å². The summed E-state index contributed by atoms with van der Waals surface area (Å²) in [7, 11) is 2.30. The van der Waals surface area contributed by atoms with Crippen LogP contribution in [-0.2, 0) is 19.7 Å². The van der Waals surface area contributed by atoms with Crippen LogP contribution in [0.25, 0.3) is 10.8 Å². The van der Waals surface area contributed by atoms with Gasteiger partial charge in [-0.1, -0.05) is 42.5 Å². The lowest BCUT2D eigenvalue weighted by Crippen LogP contribution is -2.72. The molecule has 3 fully saturated rings. The summed E-state index contributed by atoms with van der Waals surface area (Å²) in [6.07, 6.45) is 5.33. The molecule has 1 heterocycles. The van der Waals surface area contributed by atoms with Crippen LogP contribution in [0.4, 0.5) is 0 Å². The maximum atomic E-state index is 13.6. The molecule has 42 heavy (non-hydrogen) atoms. The molecular formula is C35H41N2O5+. The molecule has 1 amide bonds. The Balaban J connectivity index is 1.36. The summed E-state index contributed by atoms with van der Waals surface area (Å²) in [5, 5.41) is 5.46. The highest BCUT2D eigenvalue weighted by atomic mass is 16.6. The lowest BCUT2D eigenvalue weighted by Gasteiger charge is -2.60. The van der Waals surface area contributed by atoms with Crippen molar-refractivity contribution in [2.45, 2.75) is 69.4 Å². The number of nitrogens with one attached hydrogen (secondary N) is 1. The van der Waals surface area contributed by atoms with Gasteiger partial charge in [-0.25, -0.2) is 0 Å². The Morgan fingerprint density at radius 3 is 2.43 bits per heavy atom. The second-order valence-electron chi connectivity index (χ2n) is 13.1. The molecule has 2 aliphatic carbocycles. The lowest BCUT2D eigenvalue weighted by molar-refractivity contribution is -0.924. The van der Waals surface area contributed by atoms with Crippen LogP contribution < -0.4 is 10.1 Å². The number of ether oxygens (including phenoxy) is 2. The van der Waals surface area contributed by atoms with E-state index in [-0.39, 0.29) is 23.9 Å². The third kappa shape index (κ3) is 5.54. The summed E-state index contributed by atoms with van der Waals surface area (Å²) in [4.78, 5) is 38.2. The van der Waals surface area contributed by atoms with E-state index in [1.165, 1.54) is 26.7 Å². The molecule has 4 atom stereocenters. The maximum absolute atomic E-state index is 13.6. The van der Waals surface area contributed by atoms with Crippen molar-refractivity contribution in [1.82, 2.24) is 5.32 Å². The minimum absolute atomic E-state index is 0.0975. The van der Waals surface area contributed by atoms with Crippen LogP contribution in [0.3, 0.4) is 0 Å². The number of amides is 1. The Hall–Kier alpha value is -3.71. The van der Waals surface area contributed by atoms with Gasteiger partial charge in [0.1, 0.15) is 12.3 Å². The quantitative estimate of drug-likeness (QED) is 0.229. The summed E-state index contributed by atoms with van der Waals surface area (Å²) in [5.41, 5.74) is 0.341. The highest BCUT2D eigenvalue weighted by Gasteiger charge is 2.65. The van der Waals surface area contributed by atoms with Gasteiger partial charge in [0.15, 0.2) is 5.60 Å². The number of carbonyl (C=O) groups excluding carboxylic acids is 3. The average molecular weight is 570 g/mol. The van der Waals surface area contributed by atoms with E-state index in [1.807, 2.05) is 54.6 Å². The highest BCUT2D eigenvalue weighted by Crippen LogP contribution is 2.55. The monoisotopic (exact) mass is 569 g/mol. The molecule has 1 N–H and O–H groups in total. The first-order valence-electron chi connectivity index (χ1n) is 15.2. The number of rotatable bonds is 7. The van der Waals surface area contributed by atoms with Crippen LogP contribution in [0.15, 0.2) is 66.7 Å². The largest absolute Gasteiger partial charge is 0.452 e. The van der Waals surface area contributed by atoms with Crippen molar-refractivity contribution in [1.29, 1.82) is 0 Å². The van der Waals surface area contributed by atoms with Crippen molar-refractivity contribution < 1.29 is 28.3 Å². The number of piperidine rings is 1. The Kier molecular flexibility index (Phi) is 7.34. The normalized spacial score (nSPS) is 28.9. The van der Waals surface area contributed by atoms with Crippen LogP contribution in [-0.4, -0.2) is 60.7 Å². The predicted octanol–water partition coefficient (Wildman–Crippen LogP) is 5.55. The Morgan fingerprint density at radius 1 is 0.905 bits per heavy atom. The number of hydrogen-bond acceptors (Lipinski definition) is 5. The van der Waals surface area contributed by atoms with Crippen LogP contribution in [0, 0.1) is 5.92 Å². The zero-order valence-corrected chi connectivity index (χ0v) is 24.9. The smallest absolute Gasteiger partial charge is 0.308 e. The van der Waals surface area contributed by atoms with E-state index in [9.17, 15) is 14.4 Å². The Bertz CT molecular complexity index is 1530. The second-order valence-corrected chi connectivity index (χ2v) is 13.1. The van der Waals surface area contributed by atoms with Gasteiger partial charge in [-0.05, 0) is 72.7 Å². The van der Waals surface area contributed by atoms with Gasteiger partial charge in [0, 0.05) is 43.2 Å². The van der Waals surface area contributed by atoms with E-state index in [1.54, 1.807) is 6.07 Å². The zero-order valence-electron chi connectivity index (χ0n) is 24.9. The molecular weight excluding hydrogens is 528 g/mol. The average Bonchev–Trinajstić information content (AvgIpc) is 3.76. The third-order valence-electron chi connectivity index (χ3n) is 9.81. The fraction of sp³-hybridized carbons (Fsp3) is 0.457. The van der Waals surface area contributed by atoms with Gasteiger partial charge in [-0.3, -0.25) is 14.4 Å². The number of likely N-dealkylation sites (N-methyl/N-ethyl adjacent to an activating group) is 1. The number of likely N-dealkylation sites (tertiary alicyclic amines) is 1. The molecule has 1 saturated heterocycles. The number of hydrogen-bond donors (Lipinski definition) is 1. The number of quaternary nitrogens is 1. The van der Waals surface area contributed by atoms with Gasteiger partial charge in [0.2, 0.25) is 0 Å². The molecule has 3 aliphatic rings. The highest BCUT2D eigenvalue weighted by molar-refractivity contribution is 5.98. The maximum Gasteiger partial charge on any atom is 0.308 e. The minimum Gasteiger partial charge on any atom is -0.452 e. The Labute approximate surface area is 247 Å². The van der Waals surface area contributed by atoms with Crippen molar-refractivity contribution in [3.8, 4) is 5.75 Å². The number of carbonyl (C=O) groups is 3. The molecule has 1 aliphatic heterocycles. The third-order valence-corrected chi connectivity index (χ3v) is 9.81. The van der Waals surface area contributed by atoms with Gasteiger partial charge in [-0.2, -0.15) is 0 Å². The van der Waals surface area contributed by atoms with Gasteiger partial charge >= 0.3 is 11.9 Å². The first kappa shape index (κ1) is 28.4.